The summed E-state index contributed by atoms with van der Waals surface area (Å²) in [7, 11) is 3.28. The fraction of sp³-hybridized carbons (Fsp3) is 0.320. The lowest BCUT2D eigenvalue weighted by molar-refractivity contribution is 0.0682. The number of hydrogen-bond acceptors (Lipinski definition) is 5. The van der Waals surface area contributed by atoms with Gasteiger partial charge in [-0.25, -0.2) is 0 Å². The molecule has 1 amide bonds. The standard InChI is InChI=1S/C25H25NO4S/c1-14-6-5-7-19-23(14)24-17(13-30-19)11-22(31-24)25(27)26-9-8-16-10-20(28-3)21(29-4)12-18(16)15(26)2/h5-7,10-12,15H,8-9,13H2,1-4H3/t15-/m0/s1. The van der Waals surface area contributed by atoms with Gasteiger partial charge < -0.3 is 19.1 Å². The molecule has 1 atom stereocenters. The molecule has 3 heterocycles. The molecular formula is C25H25NO4S. The minimum Gasteiger partial charge on any atom is -0.493 e. The maximum absolute atomic E-state index is 13.6. The number of methoxy groups -OCH3 is 2. The molecule has 0 aliphatic carbocycles. The van der Waals surface area contributed by atoms with E-state index in [4.69, 9.17) is 14.2 Å². The average molecular weight is 436 g/mol. The number of aryl methyl sites for hydroxylation is 1. The van der Waals surface area contributed by atoms with E-state index in [9.17, 15) is 4.79 Å². The Balaban J connectivity index is 1.48. The normalized spacial score (nSPS) is 16.6. The minimum absolute atomic E-state index is 0.0412. The lowest BCUT2D eigenvalue weighted by atomic mass is 9.92. The molecule has 160 valence electrons. The Labute approximate surface area is 186 Å². The second-order valence-corrected chi connectivity index (χ2v) is 9.08. The molecule has 0 fully saturated rings. The summed E-state index contributed by atoms with van der Waals surface area (Å²) in [6, 6.07) is 12.1. The zero-order valence-electron chi connectivity index (χ0n) is 18.2. The molecule has 5 nitrogen and oxygen atoms in total. The number of thiophene rings is 1. The van der Waals surface area contributed by atoms with Crippen molar-refractivity contribution in [1.82, 2.24) is 4.90 Å². The van der Waals surface area contributed by atoms with Crippen LogP contribution in [0.4, 0.5) is 0 Å². The topological polar surface area (TPSA) is 48.0 Å². The smallest absolute Gasteiger partial charge is 0.264 e. The van der Waals surface area contributed by atoms with Gasteiger partial charge in [0.05, 0.1) is 25.1 Å². The Kier molecular flexibility index (Phi) is 4.89. The molecule has 2 aliphatic heterocycles. The van der Waals surface area contributed by atoms with Crippen LogP contribution in [0, 0.1) is 6.92 Å². The van der Waals surface area contributed by atoms with Crippen molar-refractivity contribution in [2.24, 2.45) is 0 Å². The van der Waals surface area contributed by atoms with Crippen molar-refractivity contribution in [2.45, 2.75) is 32.9 Å². The molecule has 2 aliphatic rings. The summed E-state index contributed by atoms with van der Waals surface area (Å²) in [5.41, 5.74) is 5.69. The Hall–Kier alpha value is -2.99. The van der Waals surface area contributed by atoms with Gasteiger partial charge in [0.25, 0.3) is 5.91 Å². The molecule has 0 radical (unpaired) electrons. The van der Waals surface area contributed by atoms with E-state index < -0.39 is 0 Å². The summed E-state index contributed by atoms with van der Waals surface area (Å²) in [4.78, 5) is 17.4. The minimum atomic E-state index is -0.0412. The number of amides is 1. The zero-order valence-corrected chi connectivity index (χ0v) is 19.0. The fourth-order valence-corrected chi connectivity index (χ4v) is 5.86. The molecule has 3 aromatic rings. The van der Waals surface area contributed by atoms with E-state index in [2.05, 4.69) is 19.9 Å². The molecule has 0 unspecified atom stereocenters. The van der Waals surface area contributed by atoms with Crippen LogP contribution in [0.25, 0.3) is 10.4 Å². The van der Waals surface area contributed by atoms with E-state index in [0.717, 1.165) is 44.4 Å². The number of fused-ring (bicyclic) bond motifs is 4. The first-order chi connectivity index (χ1) is 15.0. The van der Waals surface area contributed by atoms with Gasteiger partial charge in [-0.1, -0.05) is 12.1 Å². The van der Waals surface area contributed by atoms with Crippen molar-refractivity contribution < 1.29 is 19.0 Å². The molecule has 5 rings (SSSR count). The molecular weight excluding hydrogens is 410 g/mol. The molecule has 2 aromatic carbocycles. The number of benzene rings is 2. The third kappa shape index (κ3) is 3.17. The monoisotopic (exact) mass is 435 g/mol. The number of ether oxygens (including phenoxy) is 3. The molecule has 31 heavy (non-hydrogen) atoms. The maximum Gasteiger partial charge on any atom is 0.264 e. The van der Waals surface area contributed by atoms with Gasteiger partial charge in [0.15, 0.2) is 11.5 Å². The Morgan fingerprint density at radius 2 is 1.90 bits per heavy atom. The molecule has 6 heteroatoms. The third-order valence-electron chi connectivity index (χ3n) is 6.31. The highest BCUT2D eigenvalue weighted by Gasteiger charge is 2.32. The maximum atomic E-state index is 13.6. The summed E-state index contributed by atoms with van der Waals surface area (Å²) in [6.45, 7) is 5.35. The molecule has 0 spiro atoms. The molecule has 0 bridgehead atoms. The van der Waals surface area contributed by atoms with Crippen LogP contribution in [-0.2, 0) is 13.0 Å². The predicted octanol–water partition coefficient (Wildman–Crippen LogP) is 5.39. The first kappa shape index (κ1) is 19.9. The number of hydrogen-bond donors (Lipinski definition) is 0. The van der Waals surface area contributed by atoms with Gasteiger partial charge in [0.1, 0.15) is 12.4 Å². The van der Waals surface area contributed by atoms with E-state index in [1.54, 1.807) is 25.6 Å². The summed E-state index contributed by atoms with van der Waals surface area (Å²) >= 11 is 1.58. The second-order valence-electron chi connectivity index (χ2n) is 8.03. The lowest BCUT2D eigenvalue weighted by Gasteiger charge is -2.35. The van der Waals surface area contributed by atoms with Crippen LogP contribution in [0.1, 0.15) is 44.9 Å². The Morgan fingerprint density at radius 1 is 1.13 bits per heavy atom. The Morgan fingerprint density at radius 3 is 2.68 bits per heavy atom. The van der Waals surface area contributed by atoms with Crippen LogP contribution in [0.2, 0.25) is 0 Å². The highest BCUT2D eigenvalue weighted by molar-refractivity contribution is 7.17. The van der Waals surface area contributed by atoms with Crippen LogP contribution in [0.5, 0.6) is 17.2 Å². The van der Waals surface area contributed by atoms with Crippen molar-refractivity contribution in [2.75, 3.05) is 20.8 Å². The highest BCUT2D eigenvalue weighted by Crippen LogP contribution is 2.45. The molecule has 1 aromatic heterocycles. The van der Waals surface area contributed by atoms with Gasteiger partial charge in [-0.05, 0) is 61.2 Å². The Bertz CT molecular complexity index is 1180. The fourth-order valence-electron chi connectivity index (χ4n) is 4.62. The summed E-state index contributed by atoms with van der Waals surface area (Å²) < 4.78 is 16.9. The molecule has 0 saturated carbocycles. The molecule has 0 N–H and O–H groups in total. The van der Waals surface area contributed by atoms with E-state index in [-0.39, 0.29) is 11.9 Å². The van der Waals surface area contributed by atoms with Gasteiger partial charge >= 0.3 is 0 Å². The van der Waals surface area contributed by atoms with Gasteiger partial charge in [-0.3, -0.25) is 4.79 Å². The SMILES string of the molecule is COc1cc2c(cc1OC)[C@H](C)N(C(=O)c1cc3c(s1)-c1c(C)cccc1OC3)CC2. The summed E-state index contributed by atoms with van der Waals surface area (Å²) in [5, 5.41) is 0. The van der Waals surface area contributed by atoms with Crippen LogP contribution in [0.3, 0.4) is 0 Å². The molecule has 0 saturated heterocycles. The van der Waals surface area contributed by atoms with E-state index in [1.807, 2.05) is 35.2 Å². The largest absolute Gasteiger partial charge is 0.493 e. The van der Waals surface area contributed by atoms with Crippen LogP contribution >= 0.6 is 11.3 Å². The van der Waals surface area contributed by atoms with Gasteiger partial charge in [0, 0.05) is 22.5 Å². The second kappa shape index (κ2) is 7.61. The number of carbonyl (C=O) groups is 1. The van der Waals surface area contributed by atoms with Crippen LogP contribution < -0.4 is 14.2 Å². The number of rotatable bonds is 3. The van der Waals surface area contributed by atoms with Gasteiger partial charge in [-0.2, -0.15) is 0 Å². The zero-order chi connectivity index (χ0) is 21.7. The van der Waals surface area contributed by atoms with Crippen LogP contribution in [-0.4, -0.2) is 31.6 Å². The van der Waals surface area contributed by atoms with E-state index in [0.29, 0.717) is 18.9 Å². The van der Waals surface area contributed by atoms with Gasteiger partial charge in [-0.15, -0.1) is 11.3 Å². The van der Waals surface area contributed by atoms with Gasteiger partial charge in [0.2, 0.25) is 0 Å². The van der Waals surface area contributed by atoms with E-state index >= 15 is 0 Å². The summed E-state index contributed by atoms with van der Waals surface area (Å²) in [6.07, 6.45) is 0.794. The van der Waals surface area contributed by atoms with Crippen molar-refractivity contribution in [3.63, 3.8) is 0 Å². The number of nitrogens with zero attached hydrogens (tertiary/aromatic N) is 1. The first-order valence-corrected chi connectivity index (χ1v) is 11.2. The van der Waals surface area contributed by atoms with Crippen molar-refractivity contribution in [3.8, 4) is 27.7 Å². The average Bonchev–Trinajstić information content (AvgIpc) is 3.22. The van der Waals surface area contributed by atoms with Crippen molar-refractivity contribution in [3.05, 3.63) is 63.5 Å². The lowest BCUT2D eigenvalue weighted by Crippen LogP contribution is -2.38. The van der Waals surface area contributed by atoms with Crippen molar-refractivity contribution >= 4 is 17.2 Å². The van der Waals surface area contributed by atoms with Crippen molar-refractivity contribution in [1.29, 1.82) is 0 Å². The van der Waals surface area contributed by atoms with Crippen LogP contribution in [0.15, 0.2) is 36.4 Å². The third-order valence-corrected chi connectivity index (χ3v) is 7.49. The van der Waals surface area contributed by atoms with E-state index in [1.165, 1.54) is 11.1 Å². The quantitative estimate of drug-likeness (QED) is 0.553. The first-order valence-electron chi connectivity index (χ1n) is 10.4. The summed E-state index contributed by atoms with van der Waals surface area (Å²) in [5.74, 6) is 2.39. The highest BCUT2D eigenvalue weighted by atomic mass is 32.1. The number of carbonyl (C=O) groups excluding carboxylic acids is 1. The predicted molar refractivity (Wildman–Crippen MR) is 122 cm³/mol.